The van der Waals surface area contributed by atoms with Crippen LogP contribution in [-0.2, 0) is 0 Å². The molecule has 0 saturated heterocycles. The molecule has 1 aromatic carbocycles. The molecule has 2 fully saturated rings. The molecule has 0 radical (unpaired) electrons. The Labute approximate surface area is 129 Å². The van der Waals surface area contributed by atoms with Crippen LogP contribution in [0.25, 0.3) is 0 Å². The molecule has 2 atom stereocenters. The van der Waals surface area contributed by atoms with E-state index >= 15 is 0 Å². The second-order valence-corrected chi connectivity index (χ2v) is 7.00. The number of para-hydroxylation sites is 1. The maximum absolute atomic E-state index is 6.48. The Morgan fingerprint density at radius 3 is 2.26 bits per heavy atom. The van der Waals surface area contributed by atoms with E-state index in [2.05, 4.69) is 0 Å². The number of benzene rings is 1. The van der Waals surface area contributed by atoms with E-state index in [0.29, 0.717) is 15.8 Å². The van der Waals surface area contributed by atoms with Crippen LogP contribution in [0.15, 0.2) is 18.2 Å². The van der Waals surface area contributed by atoms with Gasteiger partial charge < -0.3 is 4.74 Å². The Bertz CT molecular complexity index is 448. The van der Waals surface area contributed by atoms with Crippen LogP contribution in [-0.4, -0.2) is 11.5 Å². The van der Waals surface area contributed by atoms with E-state index in [0.717, 1.165) is 19.3 Å². The molecule has 2 aliphatic carbocycles. The quantitative estimate of drug-likeness (QED) is 0.635. The van der Waals surface area contributed by atoms with Gasteiger partial charge in [0, 0.05) is 17.2 Å². The van der Waals surface area contributed by atoms with Crippen LogP contribution >= 0.6 is 34.8 Å². The van der Waals surface area contributed by atoms with Crippen LogP contribution in [0.2, 0.25) is 10.0 Å². The van der Waals surface area contributed by atoms with Crippen molar-refractivity contribution in [2.45, 2.75) is 50.0 Å². The summed E-state index contributed by atoms with van der Waals surface area (Å²) in [6, 6.07) is 5.46. The second kappa shape index (κ2) is 5.35. The zero-order chi connectivity index (χ0) is 13.5. The number of hydrogen-bond donors (Lipinski definition) is 0. The maximum Gasteiger partial charge on any atom is 0.156 e. The largest absolute Gasteiger partial charge is 0.487 e. The topological polar surface area (TPSA) is 9.23 Å². The number of alkyl halides is 1. The zero-order valence-corrected chi connectivity index (χ0v) is 12.9. The van der Waals surface area contributed by atoms with Crippen molar-refractivity contribution in [2.75, 3.05) is 0 Å². The fourth-order valence-electron chi connectivity index (χ4n) is 3.45. The molecule has 3 rings (SSSR count). The van der Waals surface area contributed by atoms with E-state index in [9.17, 15) is 0 Å². The van der Waals surface area contributed by atoms with Gasteiger partial charge in [0.15, 0.2) is 5.75 Å². The minimum atomic E-state index is 0.141. The van der Waals surface area contributed by atoms with Crippen molar-refractivity contribution in [1.29, 1.82) is 0 Å². The Hall–Kier alpha value is -0.110. The van der Waals surface area contributed by atoms with Crippen LogP contribution in [0.4, 0.5) is 0 Å². The molecule has 0 N–H and O–H groups in total. The molecule has 0 heterocycles. The first-order valence-electron chi connectivity index (χ1n) is 6.88. The van der Waals surface area contributed by atoms with Crippen LogP contribution in [0, 0.1) is 5.41 Å². The summed E-state index contributed by atoms with van der Waals surface area (Å²) < 4.78 is 6.13. The lowest BCUT2D eigenvalue weighted by atomic mass is 9.58. The van der Waals surface area contributed by atoms with Crippen LogP contribution < -0.4 is 4.74 Å². The molecule has 2 saturated carbocycles. The van der Waals surface area contributed by atoms with Gasteiger partial charge in [0.05, 0.1) is 10.0 Å². The zero-order valence-electron chi connectivity index (χ0n) is 10.7. The highest BCUT2D eigenvalue weighted by molar-refractivity contribution is 6.37. The van der Waals surface area contributed by atoms with Crippen molar-refractivity contribution >= 4 is 34.8 Å². The number of halogens is 3. The number of hydrogen-bond acceptors (Lipinski definition) is 1. The molecule has 1 nitrogen and oxygen atoms in total. The first-order valence-corrected chi connectivity index (χ1v) is 8.07. The van der Waals surface area contributed by atoms with Crippen molar-refractivity contribution in [3.05, 3.63) is 28.2 Å². The van der Waals surface area contributed by atoms with E-state index < -0.39 is 0 Å². The van der Waals surface area contributed by atoms with Crippen molar-refractivity contribution in [1.82, 2.24) is 0 Å². The fourth-order valence-corrected chi connectivity index (χ4v) is 4.45. The molecular weight excluding hydrogens is 303 g/mol. The summed E-state index contributed by atoms with van der Waals surface area (Å²) in [5.74, 6) is 0.615. The molecule has 2 unspecified atom stereocenters. The summed E-state index contributed by atoms with van der Waals surface area (Å²) in [4.78, 5) is 0. The normalized spacial score (nSPS) is 29.0. The Kier molecular flexibility index (Phi) is 3.90. The molecule has 0 amide bonds. The molecule has 104 valence electrons. The van der Waals surface area contributed by atoms with Gasteiger partial charge in [-0.15, -0.1) is 11.6 Å². The minimum Gasteiger partial charge on any atom is -0.487 e. The summed E-state index contributed by atoms with van der Waals surface area (Å²) >= 11 is 18.8. The van der Waals surface area contributed by atoms with E-state index in [1.807, 2.05) is 18.2 Å². The molecule has 19 heavy (non-hydrogen) atoms. The molecule has 1 aromatic rings. The molecule has 2 aliphatic rings. The summed E-state index contributed by atoms with van der Waals surface area (Å²) in [5.41, 5.74) is 0.141. The smallest absolute Gasteiger partial charge is 0.156 e. The van der Waals surface area contributed by atoms with Gasteiger partial charge >= 0.3 is 0 Å². The first kappa shape index (κ1) is 13.9. The maximum atomic E-state index is 6.48. The van der Waals surface area contributed by atoms with Gasteiger partial charge in [0.25, 0.3) is 0 Å². The van der Waals surface area contributed by atoms with Crippen LogP contribution in [0.5, 0.6) is 5.75 Å². The highest BCUT2D eigenvalue weighted by Gasteiger charge is 2.56. The molecule has 0 aliphatic heterocycles. The van der Waals surface area contributed by atoms with Gasteiger partial charge in [0.2, 0.25) is 0 Å². The minimum absolute atomic E-state index is 0.141. The van der Waals surface area contributed by atoms with E-state index in [1.54, 1.807) is 0 Å². The SMILES string of the molecule is Clc1cccc(Cl)c1OC1CC(Cl)C12CCCCC2. The summed E-state index contributed by atoms with van der Waals surface area (Å²) in [6.45, 7) is 0. The van der Waals surface area contributed by atoms with Crippen molar-refractivity contribution in [3.63, 3.8) is 0 Å². The standard InChI is InChI=1S/C15H17Cl3O/c16-10-5-4-6-11(17)14(10)19-13-9-12(18)15(13)7-2-1-3-8-15/h4-6,12-13H,1-3,7-9H2. The summed E-state index contributed by atoms with van der Waals surface area (Å²) in [7, 11) is 0. The fraction of sp³-hybridized carbons (Fsp3) is 0.600. The highest BCUT2D eigenvalue weighted by Crippen LogP contribution is 2.56. The van der Waals surface area contributed by atoms with Gasteiger partial charge in [-0.25, -0.2) is 0 Å². The molecule has 0 bridgehead atoms. The Balaban J connectivity index is 1.80. The van der Waals surface area contributed by atoms with Gasteiger partial charge in [-0.2, -0.15) is 0 Å². The molecule has 0 aromatic heterocycles. The third-order valence-corrected chi connectivity index (χ3v) is 5.86. The van der Waals surface area contributed by atoms with E-state index in [-0.39, 0.29) is 16.9 Å². The number of rotatable bonds is 2. The average Bonchev–Trinajstić information content (AvgIpc) is 2.43. The summed E-state index contributed by atoms with van der Waals surface area (Å²) in [5, 5.41) is 1.40. The Morgan fingerprint density at radius 2 is 1.68 bits per heavy atom. The van der Waals surface area contributed by atoms with Crippen LogP contribution in [0.3, 0.4) is 0 Å². The number of ether oxygens (including phenoxy) is 1. The monoisotopic (exact) mass is 318 g/mol. The lowest BCUT2D eigenvalue weighted by Crippen LogP contribution is -2.58. The highest BCUT2D eigenvalue weighted by atomic mass is 35.5. The lowest BCUT2D eigenvalue weighted by Gasteiger charge is -2.55. The van der Waals surface area contributed by atoms with Gasteiger partial charge in [-0.05, 0) is 25.0 Å². The first-order chi connectivity index (χ1) is 9.13. The third-order valence-electron chi connectivity index (χ3n) is 4.65. The average molecular weight is 320 g/mol. The van der Waals surface area contributed by atoms with Crippen molar-refractivity contribution in [2.24, 2.45) is 5.41 Å². The third kappa shape index (κ3) is 2.34. The molecular formula is C15H17Cl3O. The van der Waals surface area contributed by atoms with Crippen molar-refractivity contribution < 1.29 is 4.74 Å². The molecule has 1 spiro atoms. The predicted molar refractivity (Wildman–Crippen MR) is 80.7 cm³/mol. The van der Waals surface area contributed by atoms with Gasteiger partial charge in [-0.1, -0.05) is 48.5 Å². The lowest BCUT2D eigenvalue weighted by molar-refractivity contribution is -0.0649. The Morgan fingerprint density at radius 1 is 1.05 bits per heavy atom. The van der Waals surface area contributed by atoms with Gasteiger partial charge in [0.1, 0.15) is 6.10 Å². The van der Waals surface area contributed by atoms with Crippen LogP contribution in [0.1, 0.15) is 38.5 Å². The summed E-state index contributed by atoms with van der Waals surface area (Å²) in [6.07, 6.45) is 7.18. The van der Waals surface area contributed by atoms with Gasteiger partial charge in [-0.3, -0.25) is 0 Å². The van der Waals surface area contributed by atoms with Crippen molar-refractivity contribution in [3.8, 4) is 5.75 Å². The second-order valence-electron chi connectivity index (χ2n) is 5.65. The predicted octanol–water partition coefficient (Wildman–Crippen LogP) is 5.70. The van der Waals surface area contributed by atoms with E-state index in [1.165, 1.54) is 19.3 Å². The van der Waals surface area contributed by atoms with E-state index in [4.69, 9.17) is 39.5 Å². The molecule has 4 heteroatoms.